The maximum Gasteiger partial charge on any atom is 0.317 e. The molecule has 2 atom stereocenters. The summed E-state index contributed by atoms with van der Waals surface area (Å²) in [4.78, 5) is 14.5. The molecule has 1 N–H and O–H groups in total. The number of rotatable bonds is 3. The number of nitrogens with zero attached hydrogens (tertiary/aromatic N) is 1. The fourth-order valence-electron chi connectivity index (χ4n) is 3.57. The van der Waals surface area contributed by atoms with Gasteiger partial charge in [-0.1, -0.05) is 29.8 Å². The van der Waals surface area contributed by atoms with Crippen LogP contribution in [0.1, 0.15) is 43.9 Å². The zero-order valence-electron chi connectivity index (χ0n) is 14.9. The molecule has 3 rings (SSSR count). The molecule has 1 aromatic rings. The highest BCUT2D eigenvalue weighted by atomic mass is 16.7. The van der Waals surface area contributed by atoms with Crippen LogP contribution in [0.4, 0.5) is 4.79 Å². The van der Waals surface area contributed by atoms with Gasteiger partial charge in [-0.05, 0) is 39.2 Å². The van der Waals surface area contributed by atoms with Crippen molar-refractivity contribution in [3.8, 4) is 0 Å². The number of hydrogen-bond acceptors (Lipinski definition) is 3. The van der Waals surface area contributed by atoms with E-state index in [9.17, 15) is 4.79 Å². The Morgan fingerprint density at radius 2 is 1.96 bits per heavy atom. The fraction of sp³-hybridized carbons (Fsp3) is 0.632. The average Bonchev–Trinajstić information content (AvgIpc) is 3.03. The molecule has 0 aliphatic carbocycles. The summed E-state index contributed by atoms with van der Waals surface area (Å²) in [5.74, 6) is -0.309. The van der Waals surface area contributed by atoms with Crippen molar-refractivity contribution in [2.24, 2.45) is 5.92 Å². The first-order chi connectivity index (χ1) is 11.5. The summed E-state index contributed by atoms with van der Waals surface area (Å²) in [7, 11) is 0. The van der Waals surface area contributed by atoms with Crippen LogP contribution in [-0.4, -0.2) is 43.0 Å². The Bertz CT molecular complexity index is 566. The third-order valence-electron chi connectivity index (χ3n) is 5.23. The van der Waals surface area contributed by atoms with Crippen LogP contribution in [0.15, 0.2) is 24.3 Å². The van der Waals surface area contributed by atoms with Crippen molar-refractivity contribution in [1.82, 2.24) is 10.2 Å². The van der Waals surface area contributed by atoms with Crippen molar-refractivity contribution < 1.29 is 14.3 Å². The molecule has 2 saturated heterocycles. The van der Waals surface area contributed by atoms with Gasteiger partial charge in [-0.25, -0.2) is 4.79 Å². The first-order valence-corrected chi connectivity index (χ1v) is 8.88. The van der Waals surface area contributed by atoms with Gasteiger partial charge in [0.05, 0.1) is 19.3 Å². The topological polar surface area (TPSA) is 50.8 Å². The molecule has 5 heteroatoms. The van der Waals surface area contributed by atoms with Crippen molar-refractivity contribution in [3.05, 3.63) is 35.4 Å². The molecular formula is C19H28N2O3. The monoisotopic (exact) mass is 332 g/mol. The van der Waals surface area contributed by atoms with E-state index in [0.717, 1.165) is 24.9 Å². The summed E-state index contributed by atoms with van der Waals surface area (Å²) in [5, 5.41) is 3.11. The Labute approximate surface area is 144 Å². The molecule has 0 saturated carbocycles. The Kier molecular flexibility index (Phi) is 5.11. The van der Waals surface area contributed by atoms with Gasteiger partial charge in [-0.15, -0.1) is 0 Å². The Hall–Kier alpha value is -1.59. The number of urea groups is 1. The minimum Gasteiger partial charge on any atom is -0.347 e. The van der Waals surface area contributed by atoms with E-state index in [1.807, 2.05) is 18.7 Å². The molecule has 2 aliphatic heterocycles. The molecule has 1 aromatic carbocycles. The van der Waals surface area contributed by atoms with Gasteiger partial charge >= 0.3 is 6.03 Å². The van der Waals surface area contributed by atoms with Gasteiger partial charge in [-0.3, -0.25) is 0 Å². The van der Waals surface area contributed by atoms with Crippen molar-refractivity contribution in [2.45, 2.75) is 45.4 Å². The smallest absolute Gasteiger partial charge is 0.317 e. The van der Waals surface area contributed by atoms with E-state index in [0.29, 0.717) is 19.8 Å². The summed E-state index contributed by atoms with van der Waals surface area (Å²) in [6.45, 7) is 8.85. The summed E-state index contributed by atoms with van der Waals surface area (Å²) >= 11 is 0. The summed E-state index contributed by atoms with van der Waals surface area (Å²) in [5.41, 5.74) is 2.35. The fourth-order valence-corrected chi connectivity index (χ4v) is 3.57. The third kappa shape index (κ3) is 3.73. The maximum absolute atomic E-state index is 12.6. The van der Waals surface area contributed by atoms with E-state index in [-0.39, 0.29) is 18.0 Å². The lowest BCUT2D eigenvalue weighted by molar-refractivity contribution is -0.189. The second-order valence-corrected chi connectivity index (χ2v) is 7.08. The molecule has 0 spiro atoms. The van der Waals surface area contributed by atoms with Crippen LogP contribution in [-0.2, 0) is 9.47 Å². The molecular weight excluding hydrogens is 304 g/mol. The minimum atomic E-state index is -0.540. The summed E-state index contributed by atoms with van der Waals surface area (Å²) in [6, 6.07) is 8.28. The van der Waals surface area contributed by atoms with Gasteiger partial charge < -0.3 is 19.7 Å². The lowest BCUT2D eigenvalue weighted by Crippen LogP contribution is -2.51. The second kappa shape index (κ2) is 7.11. The van der Waals surface area contributed by atoms with Gasteiger partial charge in [0.25, 0.3) is 0 Å². The van der Waals surface area contributed by atoms with E-state index < -0.39 is 5.79 Å². The number of amides is 2. The maximum atomic E-state index is 12.6. The largest absolute Gasteiger partial charge is 0.347 e. The number of aryl methyl sites for hydroxylation is 1. The van der Waals surface area contributed by atoms with Crippen LogP contribution in [0, 0.1) is 12.8 Å². The van der Waals surface area contributed by atoms with Crippen LogP contribution in [0.5, 0.6) is 0 Å². The van der Waals surface area contributed by atoms with Crippen LogP contribution < -0.4 is 5.32 Å². The average molecular weight is 332 g/mol. The van der Waals surface area contributed by atoms with E-state index in [4.69, 9.17) is 9.47 Å². The molecule has 24 heavy (non-hydrogen) atoms. The summed E-state index contributed by atoms with van der Waals surface area (Å²) < 4.78 is 11.6. The highest BCUT2D eigenvalue weighted by molar-refractivity contribution is 5.74. The zero-order chi connectivity index (χ0) is 17.2. The highest BCUT2D eigenvalue weighted by Crippen LogP contribution is 2.34. The number of benzene rings is 1. The van der Waals surface area contributed by atoms with Crippen LogP contribution in [0.25, 0.3) is 0 Å². The Morgan fingerprint density at radius 1 is 1.29 bits per heavy atom. The van der Waals surface area contributed by atoms with E-state index in [2.05, 4.69) is 36.5 Å². The second-order valence-electron chi connectivity index (χ2n) is 7.08. The first-order valence-electron chi connectivity index (χ1n) is 8.88. The number of carbonyl (C=O) groups is 1. The lowest BCUT2D eigenvalue weighted by Gasteiger charge is -2.40. The number of ether oxygens (including phenoxy) is 2. The molecule has 0 aromatic heterocycles. The molecule has 5 nitrogen and oxygen atoms in total. The van der Waals surface area contributed by atoms with Gasteiger partial charge in [-0.2, -0.15) is 0 Å². The predicted molar refractivity (Wildman–Crippen MR) is 92.7 cm³/mol. The number of likely N-dealkylation sites (tertiary alicyclic amines) is 1. The minimum absolute atomic E-state index is 0.00521. The Morgan fingerprint density at radius 3 is 2.62 bits per heavy atom. The molecule has 2 fully saturated rings. The van der Waals surface area contributed by atoms with Crippen molar-refractivity contribution in [1.29, 1.82) is 0 Å². The third-order valence-corrected chi connectivity index (χ3v) is 5.23. The number of hydrogen-bond donors (Lipinski definition) is 1. The molecule has 0 bridgehead atoms. The molecule has 2 heterocycles. The van der Waals surface area contributed by atoms with Gasteiger partial charge in [0.2, 0.25) is 0 Å². The van der Waals surface area contributed by atoms with E-state index >= 15 is 0 Å². The Balaban J connectivity index is 1.59. The van der Waals surface area contributed by atoms with Gasteiger partial charge in [0.15, 0.2) is 5.79 Å². The van der Waals surface area contributed by atoms with Crippen molar-refractivity contribution >= 4 is 6.03 Å². The van der Waals surface area contributed by atoms with E-state index in [1.165, 1.54) is 5.56 Å². The van der Waals surface area contributed by atoms with Crippen molar-refractivity contribution in [2.75, 3.05) is 26.3 Å². The van der Waals surface area contributed by atoms with Crippen LogP contribution >= 0.6 is 0 Å². The van der Waals surface area contributed by atoms with Gasteiger partial charge in [0.1, 0.15) is 0 Å². The van der Waals surface area contributed by atoms with E-state index in [1.54, 1.807) is 0 Å². The van der Waals surface area contributed by atoms with Crippen molar-refractivity contribution in [3.63, 3.8) is 0 Å². The standard InChI is InChI=1S/C19H28N2O3/c1-14-6-8-16(9-7-14)15(2)20-18(22)21-10-4-5-17(13-21)19(3)23-11-12-24-19/h6-9,15,17H,4-5,10-13H2,1-3H3,(H,20,22). The zero-order valence-corrected chi connectivity index (χ0v) is 14.9. The number of nitrogens with one attached hydrogen (secondary N) is 1. The molecule has 132 valence electrons. The quantitative estimate of drug-likeness (QED) is 0.924. The molecule has 2 amide bonds. The summed E-state index contributed by atoms with van der Waals surface area (Å²) in [6.07, 6.45) is 2.02. The highest BCUT2D eigenvalue weighted by Gasteiger charge is 2.42. The lowest BCUT2D eigenvalue weighted by atomic mass is 9.90. The molecule has 0 radical (unpaired) electrons. The number of piperidine rings is 1. The first kappa shape index (κ1) is 17.2. The normalized spacial score (nSPS) is 24.6. The molecule has 2 aliphatic rings. The predicted octanol–water partition coefficient (Wildman–Crippen LogP) is 3.24. The SMILES string of the molecule is Cc1ccc(C(C)NC(=O)N2CCCC(C3(C)OCCO3)C2)cc1. The molecule has 2 unspecified atom stereocenters. The van der Waals surface area contributed by atoms with Gasteiger partial charge in [0, 0.05) is 19.0 Å². The van der Waals surface area contributed by atoms with Crippen LogP contribution in [0.3, 0.4) is 0 Å². The number of carbonyl (C=O) groups excluding carboxylic acids is 1. The van der Waals surface area contributed by atoms with Crippen LogP contribution in [0.2, 0.25) is 0 Å².